The van der Waals surface area contributed by atoms with Crippen LogP contribution in [0.5, 0.6) is 0 Å². The first-order valence-electron chi connectivity index (χ1n) is 8.30. The van der Waals surface area contributed by atoms with Crippen molar-refractivity contribution in [2.75, 3.05) is 12.3 Å². The summed E-state index contributed by atoms with van der Waals surface area (Å²) in [6, 6.07) is 0. The highest BCUT2D eigenvalue weighted by molar-refractivity contribution is 7.97. The molecule has 1 nitrogen and oxygen atoms in total. The molecule has 2 aliphatic carbocycles. The van der Waals surface area contributed by atoms with Crippen molar-refractivity contribution in [1.82, 2.24) is 4.72 Å². The highest BCUT2D eigenvalue weighted by Crippen LogP contribution is 2.26. The van der Waals surface area contributed by atoms with Crippen molar-refractivity contribution >= 4 is 11.9 Å². The van der Waals surface area contributed by atoms with Gasteiger partial charge in [0.2, 0.25) is 0 Å². The van der Waals surface area contributed by atoms with Crippen molar-refractivity contribution < 1.29 is 0 Å². The molecule has 0 atom stereocenters. The Hall–Kier alpha value is 0.310. The van der Waals surface area contributed by atoms with Crippen LogP contribution in [0.3, 0.4) is 0 Å². The van der Waals surface area contributed by atoms with Gasteiger partial charge < -0.3 is 0 Å². The minimum atomic E-state index is 0.976. The van der Waals surface area contributed by atoms with E-state index in [0.29, 0.717) is 0 Å². The van der Waals surface area contributed by atoms with E-state index in [2.05, 4.69) is 4.72 Å². The van der Waals surface area contributed by atoms with E-state index in [-0.39, 0.29) is 0 Å². The highest BCUT2D eigenvalue weighted by atomic mass is 32.2. The van der Waals surface area contributed by atoms with Crippen molar-refractivity contribution in [3.05, 3.63) is 0 Å². The molecule has 2 rings (SSSR count). The van der Waals surface area contributed by atoms with E-state index in [1.165, 1.54) is 89.3 Å². The maximum absolute atomic E-state index is 3.66. The molecule has 0 bridgehead atoms. The molecule has 2 heteroatoms. The molecule has 2 saturated carbocycles. The molecule has 0 spiro atoms. The van der Waals surface area contributed by atoms with Crippen LogP contribution in [0.15, 0.2) is 0 Å². The first-order chi connectivity index (χ1) is 8.95. The Morgan fingerprint density at radius 2 is 1.17 bits per heavy atom. The molecule has 0 heterocycles. The van der Waals surface area contributed by atoms with Crippen LogP contribution in [0.1, 0.15) is 77.0 Å². The molecular weight excluding hydrogens is 238 g/mol. The normalized spacial score (nSPS) is 24.7. The maximum atomic E-state index is 3.66. The molecule has 18 heavy (non-hydrogen) atoms. The number of hydrogen-bond donors (Lipinski definition) is 1. The van der Waals surface area contributed by atoms with Gasteiger partial charge in [-0.2, -0.15) is 0 Å². The fourth-order valence-corrected chi connectivity index (χ4v) is 4.49. The van der Waals surface area contributed by atoms with E-state index in [1.807, 2.05) is 11.9 Å². The van der Waals surface area contributed by atoms with Gasteiger partial charge in [-0.25, -0.2) is 0 Å². The summed E-state index contributed by atoms with van der Waals surface area (Å²) in [5, 5.41) is 0. The molecule has 2 fully saturated rings. The largest absolute Gasteiger partial charge is 0.264 e. The van der Waals surface area contributed by atoms with Crippen LogP contribution in [0.2, 0.25) is 0 Å². The van der Waals surface area contributed by atoms with Gasteiger partial charge in [-0.1, -0.05) is 63.3 Å². The summed E-state index contributed by atoms with van der Waals surface area (Å²) in [5.74, 6) is 3.32. The van der Waals surface area contributed by atoms with Crippen LogP contribution in [0.4, 0.5) is 0 Å². The van der Waals surface area contributed by atoms with Crippen molar-refractivity contribution in [2.24, 2.45) is 11.8 Å². The second kappa shape index (κ2) is 9.25. The molecule has 0 aromatic carbocycles. The van der Waals surface area contributed by atoms with Gasteiger partial charge in [0, 0.05) is 12.3 Å². The first-order valence-corrected chi connectivity index (χ1v) is 9.28. The van der Waals surface area contributed by atoms with Crippen molar-refractivity contribution in [2.45, 2.75) is 77.0 Å². The summed E-state index contributed by atoms with van der Waals surface area (Å²) in [4.78, 5) is 0. The lowest BCUT2D eigenvalue weighted by Gasteiger charge is -2.23. The Morgan fingerprint density at radius 1 is 0.667 bits per heavy atom. The van der Waals surface area contributed by atoms with Crippen molar-refractivity contribution in [3.63, 3.8) is 0 Å². The van der Waals surface area contributed by atoms with E-state index in [9.17, 15) is 0 Å². The lowest BCUT2D eigenvalue weighted by atomic mass is 9.90. The van der Waals surface area contributed by atoms with Gasteiger partial charge in [0.25, 0.3) is 0 Å². The predicted octanol–water partition coefficient (Wildman–Crippen LogP) is 5.17. The number of hydrogen-bond acceptors (Lipinski definition) is 2. The Morgan fingerprint density at radius 3 is 1.83 bits per heavy atom. The first kappa shape index (κ1) is 14.7. The van der Waals surface area contributed by atoms with Crippen LogP contribution in [-0.4, -0.2) is 12.3 Å². The smallest absolute Gasteiger partial charge is 0.0107 e. The predicted molar refractivity (Wildman–Crippen MR) is 82.8 cm³/mol. The minimum Gasteiger partial charge on any atom is -0.264 e. The highest BCUT2D eigenvalue weighted by Gasteiger charge is 2.14. The third-order valence-corrected chi connectivity index (χ3v) is 5.75. The monoisotopic (exact) mass is 269 g/mol. The van der Waals surface area contributed by atoms with Crippen LogP contribution in [0.25, 0.3) is 0 Å². The average molecular weight is 269 g/mol. The molecule has 0 aromatic rings. The second-order valence-electron chi connectivity index (χ2n) is 6.37. The van der Waals surface area contributed by atoms with Gasteiger partial charge in [0.05, 0.1) is 0 Å². The molecule has 106 valence electrons. The summed E-state index contributed by atoms with van der Waals surface area (Å²) in [5.41, 5.74) is 0. The van der Waals surface area contributed by atoms with E-state index >= 15 is 0 Å². The Labute approximate surface area is 118 Å². The second-order valence-corrected chi connectivity index (χ2v) is 7.29. The van der Waals surface area contributed by atoms with Crippen molar-refractivity contribution in [1.29, 1.82) is 0 Å². The topological polar surface area (TPSA) is 12.0 Å². The summed E-state index contributed by atoms with van der Waals surface area (Å²) in [6.45, 7) is 1.26. The molecule has 0 amide bonds. The average Bonchev–Trinajstić information content (AvgIpc) is 2.38. The van der Waals surface area contributed by atoms with Gasteiger partial charge >= 0.3 is 0 Å². The summed E-state index contributed by atoms with van der Waals surface area (Å²) in [6.07, 6.45) is 17.7. The summed E-state index contributed by atoms with van der Waals surface area (Å²) >= 11 is 2.02. The zero-order valence-corrected chi connectivity index (χ0v) is 12.8. The van der Waals surface area contributed by atoms with E-state index < -0.39 is 0 Å². The molecule has 2 aliphatic rings. The van der Waals surface area contributed by atoms with Gasteiger partial charge in [-0.05, 0) is 37.5 Å². The Balaban J connectivity index is 1.50. The third-order valence-electron chi connectivity index (χ3n) is 4.74. The fourth-order valence-electron chi connectivity index (χ4n) is 3.45. The lowest BCUT2D eigenvalue weighted by molar-refractivity contribution is 0.359. The third kappa shape index (κ3) is 5.97. The van der Waals surface area contributed by atoms with Gasteiger partial charge in [-0.3, -0.25) is 4.72 Å². The minimum absolute atomic E-state index is 0.976. The zero-order chi connectivity index (χ0) is 12.5. The van der Waals surface area contributed by atoms with Crippen molar-refractivity contribution in [3.8, 4) is 0 Å². The summed E-state index contributed by atoms with van der Waals surface area (Å²) in [7, 11) is 0. The molecular formula is C16H31NS. The zero-order valence-electron chi connectivity index (χ0n) is 12.0. The van der Waals surface area contributed by atoms with E-state index in [4.69, 9.17) is 0 Å². The van der Waals surface area contributed by atoms with E-state index in [1.54, 1.807) is 0 Å². The van der Waals surface area contributed by atoms with Gasteiger partial charge in [0.1, 0.15) is 0 Å². The Bertz CT molecular complexity index is 193. The van der Waals surface area contributed by atoms with Gasteiger partial charge in [-0.15, -0.1) is 0 Å². The molecule has 0 saturated heterocycles. The molecule has 0 aliphatic heterocycles. The molecule has 0 unspecified atom stereocenters. The lowest BCUT2D eigenvalue weighted by Crippen LogP contribution is -2.21. The Kier molecular flexibility index (Phi) is 7.56. The maximum Gasteiger partial charge on any atom is 0.0107 e. The van der Waals surface area contributed by atoms with E-state index in [0.717, 1.165) is 11.8 Å². The molecule has 1 N–H and O–H groups in total. The van der Waals surface area contributed by atoms with Crippen LogP contribution < -0.4 is 4.72 Å². The SMILES string of the molecule is C1CCCC(CSNCC2CCCCC2)CCC1. The number of rotatable bonds is 5. The molecule has 0 aromatic heterocycles. The van der Waals surface area contributed by atoms with Crippen LogP contribution in [0, 0.1) is 11.8 Å². The fraction of sp³-hybridized carbons (Fsp3) is 1.00. The quantitative estimate of drug-likeness (QED) is 0.546. The van der Waals surface area contributed by atoms with Crippen LogP contribution in [-0.2, 0) is 0 Å². The molecule has 0 radical (unpaired) electrons. The van der Waals surface area contributed by atoms with Gasteiger partial charge in [0.15, 0.2) is 0 Å². The summed E-state index contributed by atoms with van der Waals surface area (Å²) < 4.78 is 3.66. The standard InChI is InChI=1S/C16H31NS/c1-2-5-11-16(12-6-3-1)14-18-17-13-15-9-7-4-8-10-15/h15-17H,1-14H2. The number of nitrogens with one attached hydrogen (secondary N) is 1. The van der Waals surface area contributed by atoms with Crippen LogP contribution >= 0.6 is 11.9 Å².